The van der Waals surface area contributed by atoms with Gasteiger partial charge in [0, 0.05) is 12.2 Å². The van der Waals surface area contributed by atoms with Crippen LogP contribution in [0.3, 0.4) is 0 Å². The lowest BCUT2D eigenvalue weighted by Crippen LogP contribution is -2.45. The molecule has 7 nitrogen and oxygen atoms in total. The zero-order valence-corrected chi connectivity index (χ0v) is 19.2. The fraction of sp³-hybridized carbons (Fsp3) is 0.417. The van der Waals surface area contributed by atoms with Crippen molar-refractivity contribution in [1.82, 2.24) is 10.2 Å². The van der Waals surface area contributed by atoms with Crippen LogP contribution in [0, 0.1) is 13.8 Å². The number of ether oxygens (including phenoxy) is 2. The second kappa shape index (κ2) is 11.4. The lowest BCUT2D eigenvalue weighted by Gasteiger charge is -2.24. The number of aryl methyl sites for hydroxylation is 2. The van der Waals surface area contributed by atoms with E-state index >= 15 is 0 Å². The van der Waals surface area contributed by atoms with Crippen LogP contribution >= 0.6 is 0 Å². The van der Waals surface area contributed by atoms with Crippen molar-refractivity contribution < 1.29 is 19.1 Å². The summed E-state index contributed by atoms with van der Waals surface area (Å²) in [5, 5.41) is 5.60. The van der Waals surface area contributed by atoms with Crippen LogP contribution < -0.4 is 20.1 Å². The molecule has 0 bridgehead atoms. The van der Waals surface area contributed by atoms with Crippen LogP contribution in [-0.4, -0.2) is 50.1 Å². The lowest BCUT2D eigenvalue weighted by molar-refractivity contribution is -0.127. The van der Waals surface area contributed by atoms with Gasteiger partial charge in [-0.1, -0.05) is 24.3 Å². The predicted molar refractivity (Wildman–Crippen MR) is 123 cm³/mol. The van der Waals surface area contributed by atoms with E-state index < -0.39 is 6.04 Å². The summed E-state index contributed by atoms with van der Waals surface area (Å²) in [6, 6.07) is 11.1. The molecule has 0 aliphatic rings. The molecule has 0 spiro atoms. The number of likely N-dealkylation sites (N-methyl/N-ethyl adjacent to an activating group) is 1. The van der Waals surface area contributed by atoms with Crippen molar-refractivity contribution in [3.05, 3.63) is 53.1 Å². The van der Waals surface area contributed by atoms with Gasteiger partial charge in [0.15, 0.2) is 11.5 Å². The quantitative estimate of drug-likeness (QED) is 0.608. The average molecular weight is 428 g/mol. The third-order valence-corrected chi connectivity index (χ3v) is 5.17. The number of nitrogens with zero attached hydrogens (tertiary/aromatic N) is 1. The van der Waals surface area contributed by atoms with E-state index in [4.69, 9.17) is 9.47 Å². The normalized spacial score (nSPS) is 11.7. The van der Waals surface area contributed by atoms with Gasteiger partial charge in [0.1, 0.15) is 0 Å². The van der Waals surface area contributed by atoms with Gasteiger partial charge in [0.2, 0.25) is 11.8 Å². The Morgan fingerprint density at radius 1 is 1.10 bits per heavy atom. The SMILES string of the molecule is CCOc1ccc(CN(C)[C@H](C)C(=O)NCC(=O)Nc2c(C)cccc2C)cc1OC. The highest BCUT2D eigenvalue weighted by Crippen LogP contribution is 2.28. The van der Waals surface area contributed by atoms with Gasteiger partial charge in [0.25, 0.3) is 0 Å². The van der Waals surface area contributed by atoms with Crippen LogP contribution in [0.2, 0.25) is 0 Å². The number of para-hydroxylation sites is 1. The number of methoxy groups -OCH3 is 1. The maximum Gasteiger partial charge on any atom is 0.243 e. The van der Waals surface area contributed by atoms with E-state index in [1.807, 2.05) is 76.0 Å². The highest BCUT2D eigenvalue weighted by atomic mass is 16.5. The molecule has 0 aromatic heterocycles. The average Bonchev–Trinajstić information content (AvgIpc) is 2.75. The summed E-state index contributed by atoms with van der Waals surface area (Å²) >= 11 is 0. The van der Waals surface area contributed by atoms with Gasteiger partial charge in [-0.3, -0.25) is 14.5 Å². The first-order valence-corrected chi connectivity index (χ1v) is 10.4. The molecule has 2 aromatic rings. The van der Waals surface area contributed by atoms with Crippen LogP contribution in [0.5, 0.6) is 11.5 Å². The second-order valence-corrected chi connectivity index (χ2v) is 7.54. The van der Waals surface area contributed by atoms with Gasteiger partial charge in [-0.05, 0) is 63.6 Å². The Hall–Kier alpha value is -3.06. The van der Waals surface area contributed by atoms with E-state index in [2.05, 4.69) is 10.6 Å². The molecule has 0 aliphatic carbocycles. The fourth-order valence-electron chi connectivity index (χ4n) is 3.22. The first-order valence-electron chi connectivity index (χ1n) is 10.4. The summed E-state index contributed by atoms with van der Waals surface area (Å²) < 4.78 is 10.9. The summed E-state index contributed by atoms with van der Waals surface area (Å²) in [7, 11) is 3.47. The summed E-state index contributed by atoms with van der Waals surface area (Å²) in [5.74, 6) is 0.888. The fourth-order valence-corrected chi connectivity index (χ4v) is 3.22. The van der Waals surface area contributed by atoms with Crippen molar-refractivity contribution in [2.24, 2.45) is 0 Å². The molecule has 0 aliphatic heterocycles. The third kappa shape index (κ3) is 6.72. The first kappa shape index (κ1) is 24.2. The second-order valence-electron chi connectivity index (χ2n) is 7.54. The van der Waals surface area contributed by atoms with Gasteiger partial charge in [0.05, 0.1) is 26.3 Å². The highest BCUT2D eigenvalue weighted by molar-refractivity contribution is 5.96. The van der Waals surface area contributed by atoms with Crippen LogP contribution in [0.15, 0.2) is 36.4 Å². The number of benzene rings is 2. The molecule has 31 heavy (non-hydrogen) atoms. The molecular weight excluding hydrogens is 394 g/mol. The monoisotopic (exact) mass is 427 g/mol. The van der Waals surface area contributed by atoms with Crippen LogP contribution in [-0.2, 0) is 16.1 Å². The predicted octanol–water partition coefficient (Wildman–Crippen LogP) is 3.29. The van der Waals surface area contributed by atoms with Crippen LogP contribution in [0.4, 0.5) is 5.69 Å². The summed E-state index contributed by atoms with van der Waals surface area (Å²) in [4.78, 5) is 26.8. The minimum absolute atomic E-state index is 0.0817. The smallest absolute Gasteiger partial charge is 0.243 e. The Balaban J connectivity index is 1.90. The molecule has 2 N–H and O–H groups in total. The number of carbonyl (C=O) groups excluding carboxylic acids is 2. The zero-order chi connectivity index (χ0) is 23.0. The number of hydrogen-bond donors (Lipinski definition) is 2. The number of anilines is 1. The van der Waals surface area contributed by atoms with Crippen molar-refractivity contribution in [2.45, 2.75) is 40.3 Å². The van der Waals surface area contributed by atoms with Gasteiger partial charge >= 0.3 is 0 Å². The Morgan fingerprint density at radius 2 is 1.77 bits per heavy atom. The number of hydrogen-bond acceptors (Lipinski definition) is 5. The lowest BCUT2D eigenvalue weighted by atomic mass is 10.1. The van der Waals surface area contributed by atoms with Gasteiger partial charge in [-0.15, -0.1) is 0 Å². The van der Waals surface area contributed by atoms with E-state index in [-0.39, 0.29) is 18.4 Å². The van der Waals surface area contributed by atoms with Crippen molar-refractivity contribution >= 4 is 17.5 Å². The van der Waals surface area contributed by atoms with Crippen molar-refractivity contribution in [1.29, 1.82) is 0 Å². The minimum atomic E-state index is -0.412. The molecule has 168 valence electrons. The van der Waals surface area contributed by atoms with E-state index in [9.17, 15) is 9.59 Å². The van der Waals surface area contributed by atoms with E-state index in [0.717, 1.165) is 22.4 Å². The molecule has 2 aromatic carbocycles. The largest absolute Gasteiger partial charge is 0.493 e. The van der Waals surface area contributed by atoms with E-state index in [0.29, 0.717) is 24.7 Å². The molecule has 2 rings (SSSR count). The Bertz CT molecular complexity index is 893. The highest BCUT2D eigenvalue weighted by Gasteiger charge is 2.19. The number of carbonyl (C=O) groups is 2. The Labute approximate surface area is 184 Å². The molecule has 0 saturated heterocycles. The number of amides is 2. The molecule has 0 fully saturated rings. The molecule has 2 amide bonds. The molecule has 0 saturated carbocycles. The standard InChI is InChI=1S/C24H33N3O4/c1-7-31-20-12-11-19(13-21(20)30-6)15-27(5)18(4)24(29)25-14-22(28)26-23-16(2)9-8-10-17(23)3/h8-13,18H,7,14-15H2,1-6H3,(H,25,29)(H,26,28)/t18-/m1/s1. The van der Waals surface area contributed by atoms with Gasteiger partial charge in [-0.2, -0.15) is 0 Å². The number of nitrogens with one attached hydrogen (secondary N) is 2. The summed E-state index contributed by atoms with van der Waals surface area (Å²) in [5.41, 5.74) is 3.75. The van der Waals surface area contributed by atoms with Gasteiger partial charge in [-0.25, -0.2) is 0 Å². The Morgan fingerprint density at radius 3 is 2.39 bits per heavy atom. The van der Waals surface area contributed by atoms with Crippen molar-refractivity contribution in [3.63, 3.8) is 0 Å². The molecule has 0 radical (unpaired) electrons. The summed E-state index contributed by atoms with van der Waals surface area (Å²) in [6.07, 6.45) is 0. The van der Waals surface area contributed by atoms with Crippen LogP contribution in [0.1, 0.15) is 30.5 Å². The molecule has 0 heterocycles. The molecule has 7 heteroatoms. The maximum absolute atomic E-state index is 12.6. The zero-order valence-electron chi connectivity index (χ0n) is 19.2. The summed E-state index contributed by atoms with van der Waals surface area (Å²) in [6.45, 7) is 8.63. The molecule has 1 atom stereocenters. The third-order valence-electron chi connectivity index (χ3n) is 5.17. The van der Waals surface area contributed by atoms with E-state index in [1.165, 1.54) is 0 Å². The van der Waals surface area contributed by atoms with Crippen molar-refractivity contribution in [2.75, 3.05) is 32.6 Å². The number of rotatable bonds is 10. The minimum Gasteiger partial charge on any atom is -0.493 e. The van der Waals surface area contributed by atoms with E-state index in [1.54, 1.807) is 7.11 Å². The van der Waals surface area contributed by atoms with Gasteiger partial charge < -0.3 is 20.1 Å². The Kier molecular flexibility index (Phi) is 8.88. The topological polar surface area (TPSA) is 79.9 Å². The first-order chi connectivity index (χ1) is 14.8. The van der Waals surface area contributed by atoms with Crippen LogP contribution in [0.25, 0.3) is 0 Å². The molecule has 0 unspecified atom stereocenters. The van der Waals surface area contributed by atoms with Crippen molar-refractivity contribution in [3.8, 4) is 11.5 Å². The maximum atomic E-state index is 12.6. The molecular formula is C24H33N3O4.